The summed E-state index contributed by atoms with van der Waals surface area (Å²) in [4.78, 5) is 41.4. The number of carbonyl (C=O) groups excluding carboxylic acids is 3. The lowest BCUT2D eigenvalue weighted by Crippen LogP contribution is -2.53. The molecule has 1 spiro atoms. The van der Waals surface area contributed by atoms with Gasteiger partial charge in [-0.15, -0.1) is 0 Å². The van der Waals surface area contributed by atoms with E-state index in [1.165, 1.54) is 4.90 Å². The van der Waals surface area contributed by atoms with Crippen molar-refractivity contribution in [2.75, 3.05) is 25.5 Å². The highest BCUT2D eigenvalue weighted by molar-refractivity contribution is 6.30. The van der Waals surface area contributed by atoms with Crippen LogP contribution in [0.1, 0.15) is 32.6 Å². The molecule has 3 amide bonds. The molecule has 1 aromatic carbocycles. The van der Waals surface area contributed by atoms with E-state index in [4.69, 9.17) is 16.3 Å². The average molecular weight is 450 g/mol. The van der Waals surface area contributed by atoms with Crippen LogP contribution in [0.4, 0.5) is 5.69 Å². The number of aliphatic hydroxyl groups is 1. The number of likely N-dealkylation sites (tertiary alicyclic amines) is 1. The molecule has 168 valence electrons. The van der Waals surface area contributed by atoms with Crippen molar-refractivity contribution < 1.29 is 24.2 Å². The van der Waals surface area contributed by atoms with E-state index in [1.54, 1.807) is 31.3 Å². The number of halogens is 1. The monoisotopic (exact) mass is 449 g/mol. The molecule has 3 saturated heterocycles. The maximum absolute atomic E-state index is 13.6. The van der Waals surface area contributed by atoms with Gasteiger partial charge in [0.05, 0.1) is 17.4 Å². The predicted octanol–water partition coefficient (Wildman–Crippen LogP) is 1.56. The van der Waals surface area contributed by atoms with E-state index in [9.17, 15) is 19.5 Å². The fourth-order valence-electron chi connectivity index (χ4n) is 5.80. The summed E-state index contributed by atoms with van der Waals surface area (Å²) < 4.78 is 6.56. The third-order valence-corrected chi connectivity index (χ3v) is 7.38. The molecule has 1 aromatic rings. The summed E-state index contributed by atoms with van der Waals surface area (Å²) in [5, 5.41) is 15.5. The van der Waals surface area contributed by atoms with Crippen molar-refractivity contribution in [3.05, 3.63) is 29.3 Å². The Hall–Kier alpha value is -2.16. The van der Waals surface area contributed by atoms with Crippen molar-refractivity contribution in [1.29, 1.82) is 0 Å². The zero-order chi connectivity index (χ0) is 22.4. The van der Waals surface area contributed by atoms with Crippen LogP contribution < -0.4 is 10.6 Å². The summed E-state index contributed by atoms with van der Waals surface area (Å²) in [7, 11) is 1.55. The molecule has 5 atom stereocenters. The van der Waals surface area contributed by atoms with Crippen LogP contribution in [0.25, 0.3) is 0 Å². The molecule has 9 heteroatoms. The highest BCUT2D eigenvalue weighted by Gasteiger charge is 2.78. The number of fused-ring (bicyclic) bond motifs is 1. The molecule has 4 rings (SSSR count). The normalized spacial score (nSPS) is 33.5. The maximum Gasteiger partial charge on any atom is 0.250 e. The molecular formula is C22H28ClN3O5. The second-order valence-corrected chi connectivity index (χ2v) is 8.99. The van der Waals surface area contributed by atoms with Gasteiger partial charge in [-0.3, -0.25) is 14.4 Å². The highest BCUT2D eigenvalue weighted by Crippen LogP contribution is 2.64. The fraction of sp³-hybridized carbons (Fsp3) is 0.591. The number of rotatable bonds is 7. The summed E-state index contributed by atoms with van der Waals surface area (Å²) in [6.07, 6.45) is 2.06. The smallest absolute Gasteiger partial charge is 0.250 e. The van der Waals surface area contributed by atoms with Gasteiger partial charge in [0.15, 0.2) is 0 Å². The molecule has 31 heavy (non-hydrogen) atoms. The third kappa shape index (κ3) is 3.23. The van der Waals surface area contributed by atoms with Gasteiger partial charge in [0.1, 0.15) is 11.6 Å². The van der Waals surface area contributed by atoms with Crippen LogP contribution in [-0.2, 0) is 19.1 Å². The van der Waals surface area contributed by atoms with Crippen molar-refractivity contribution >= 4 is 35.0 Å². The zero-order valence-corrected chi connectivity index (χ0v) is 18.4. The number of nitrogens with one attached hydrogen (secondary N) is 2. The molecular weight excluding hydrogens is 422 g/mol. The van der Waals surface area contributed by atoms with E-state index in [0.717, 1.165) is 0 Å². The number of amides is 3. The van der Waals surface area contributed by atoms with E-state index in [2.05, 4.69) is 10.6 Å². The number of carbonyl (C=O) groups is 3. The topological polar surface area (TPSA) is 108 Å². The van der Waals surface area contributed by atoms with Gasteiger partial charge in [0.2, 0.25) is 17.7 Å². The number of ether oxygens (including phenoxy) is 1. The number of nitrogens with zero attached hydrogens (tertiary/aromatic N) is 1. The number of benzene rings is 1. The molecule has 0 aliphatic carbocycles. The van der Waals surface area contributed by atoms with E-state index in [1.807, 2.05) is 6.92 Å². The second-order valence-electron chi connectivity index (χ2n) is 8.55. The van der Waals surface area contributed by atoms with Gasteiger partial charge in [-0.2, -0.15) is 0 Å². The third-order valence-electron chi connectivity index (χ3n) is 7.13. The van der Waals surface area contributed by atoms with Crippen molar-refractivity contribution in [3.63, 3.8) is 0 Å². The van der Waals surface area contributed by atoms with Gasteiger partial charge in [0.25, 0.3) is 0 Å². The Bertz CT molecular complexity index is 894. The first-order valence-electron chi connectivity index (χ1n) is 10.7. The first kappa shape index (κ1) is 22.0. The van der Waals surface area contributed by atoms with Gasteiger partial charge < -0.3 is 25.4 Å². The zero-order valence-electron chi connectivity index (χ0n) is 17.7. The van der Waals surface area contributed by atoms with Gasteiger partial charge >= 0.3 is 0 Å². The van der Waals surface area contributed by atoms with Gasteiger partial charge in [-0.25, -0.2) is 0 Å². The molecule has 2 bridgehead atoms. The molecule has 8 nitrogen and oxygen atoms in total. The van der Waals surface area contributed by atoms with Crippen molar-refractivity contribution in [1.82, 2.24) is 10.2 Å². The fourth-order valence-corrected chi connectivity index (χ4v) is 5.92. The summed E-state index contributed by atoms with van der Waals surface area (Å²) >= 11 is 5.94. The second kappa shape index (κ2) is 8.07. The van der Waals surface area contributed by atoms with Crippen molar-refractivity contribution in [3.8, 4) is 0 Å². The van der Waals surface area contributed by atoms with Crippen LogP contribution in [0, 0.1) is 11.8 Å². The summed E-state index contributed by atoms with van der Waals surface area (Å²) in [6, 6.07) is 5.85. The van der Waals surface area contributed by atoms with Crippen LogP contribution in [0.15, 0.2) is 24.3 Å². The first-order valence-corrected chi connectivity index (χ1v) is 11.1. The largest absolute Gasteiger partial charge is 0.396 e. The minimum absolute atomic E-state index is 0.106. The van der Waals surface area contributed by atoms with E-state index >= 15 is 0 Å². The highest BCUT2D eigenvalue weighted by atomic mass is 35.5. The number of anilines is 1. The van der Waals surface area contributed by atoms with Gasteiger partial charge in [-0.05, 0) is 49.9 Å². The van der Waals surface area contributed by atoms with Crippen LogP contribution >= 0.6 is 11.6 Å². The lowest BCUT2D eigenvalue weighted by atomic mass is 9.65. The lowest BCUT2D eigenvalue weighted by molar-refractivity contribution is -0.146. The molecule has 2 unspecified atom stereocenters. The molecule has 3 fully saturated rings. The minimum atomic E-state index is -1.06. The Morgan fingerprint density at radius 1 is 1.26 bits per heavy atom. The van der Waals surface area contributed by atoms with Gasteiger partial charge in [0, 0.05) is 30.9 Å². The predicted molar refractivity (Wildman–Crippen MR) is 114 cm³/mol. The molecule has 0 aromatic heterocycles. The van der Waals surface area contributed by atoms with Crippen LogP contribution in [0.5, 0.6) is 0 Å². The first-order chi connectivity index (χ1) is 14.8. The Labute approximate surface area is 186 Å². The van der Waals surface area contributed by atoms with Crippen LogP contribution in [0.3, 0.4) is 0 Å². The number of aliphatic hydroxyl groups excluding tert-OH is 1. The Morgan fingerprint density at radius 3 is 2.58 bits per heavy atom. The van der Waals surface area contributed by atoms with Gasteiger partial charge in [-0.1, -0.05) is 18.5 Å². The summed E-state index contributed by atoms with van der Waals surface area (Å²) in [5.74, 6) is -2.22. The molecule has 3 N–H and O–H groups in total. The number of hydrogen-bond donors (Lipinski definition) is 3. The van der Waals surface area contributed by atoms with Crippen LogP contribution in [0.2, 0.25) is 5.02 Å². The van der Waals surface area contributed by atoms with Crippen molar-refractivity contribution in [2.24, 2.45) is 11.8 Å². The lowest BCUT2D eigenvalue weighted by Gasteiger charge is -2.33. The van der Waals surface area contributed by atoms with E-state index < -0.39 is 29.1 Å². The average Bonchev–Trinajstić information content (AvgIpc) is 3.37. The van der Waals surface area contributed by atoms with E-state index in [0.29, 0.717) is 36.4 Å². The standard InChI is InChI=1S/C22H28ClN3O5/c1-3-21-9-10-22(31-21)16(15(21)18(28)24-2)20(30)26(11-4-12-27)17(22)19(29)25-14-7-5-13(23)6-8-14/h5-8,15-17,27H,3-4,9-12H2,1-2H3,(H,24,28)(H,25,29)/t15-,16+,17?,21+,22?/m1/s1. The van der Waals surface area contributed by atoms with E-state index in [-0.39, 0.29) is 30.9 Å². The molecule has 3 heterocycles. The SMILES string of the molecule is CC[C@@]12CCC3(O1)C(C(=O)Nc1ccc(Cl)cc1)N(CCCO)C(=O)[C@@H]3[C@@H]2C(=O)NC. The molecule has 3 aliphatic rings. The Balaban J connectivity index is 1.73. The quantitative estimate of drug-likeness (QED) is 0.585. The molecule has 0 saturated carbocycles. The summed E-state index contributed by atoms with van der Waals surface area (Å²) in [6.45, 7) is 2.06. The summed E-state index contributed by atoms with van der Waals surface area (Å²) in [5.41, 5.74) is -1.25. The molecule has 0 radical (unpaired) electrons. The number of hydrogen-bond acceptors (Lipinski definition) is 5. The van der Waals surface area contributed by atoms with Crippen LogP contribution in [-0.4, -0.2) is 65.2 Å². The minimum Gasteiger partial charge on any atom is -0.396 e. The maximum atomic E-state index is 13.6. The Kier molecular flexibility index (Phi) is 5.74. The van der Waals surface area contributed by atoms with Crippen molar-refractivity contribution in [2.45, 2.75) is 49.9 Å². The Morgan fingerprint density at radius 2 is 1.97 bits per heavy atom. The molecule has 3 aliphatic heterocycles.